The minimum Gasteiger partial charge on any atom is -0.481 e. The Morgan fingerprint density at radius 3 is 2.95 bits per heavy atom. The first kappa shape index (κ1) is 13.5. The number of carboxylic acids is 1. The van der Waals surface area contributed by atoms with E-state index in [1.165, 1.54) is 4.90 Å². The second-order valence-corrected chi connectivity index (χ2v) is 6.50. The van der Waals surface area contributed by atoms with Gasteiger partial charge in [-0.1, -0.05) is 18.2 Å². The van der Waals surface area contributed by atoms with E-state index in [0.717, 1.165) is 17.7 Å². The summed E-state index contributed by atoms with van der Waals surface area (Å²) in [7, 11) is 0. The van der Waals surface area contributed by atoms with E-state index in [4.69, 9.17) is 5.11 Å². The Morgan fingerprint density at radius 2 is 2.15 bits per heavy atom. The number of benzene rings is 1. The highest BCUT2D eigenvalue weighted by molar-refractivity contribution is 7.99. The van der Waals surface area contributed by atoms with Crippen molar-refractivity contribution >= 4 is 23.6 Å². The Bertz CT molecular complexity index is 546. The van der Waals surface area contributed by atoms with Crippen LogP contribution in [-0.4, -0.2) is 40.7 Å². The van der Waals surface area contributed by atoms with Gasteiger partial charge in [0.2, 0.25) is 5.91 Å². The van der Waals surface area contributed by atoms with Gasteiger partial charge in [-0.3, -0.25) is 9.59 Å². The van der Waals surface area contributed by atoms with Crippen LogP contribution in [0.15, 0.2) is 29.2 Å². The van der Waals surface area contributed by atoms with E-state index >= 15 is 0 Å². The molecule has 0 bridgehead atoms. The molecule has 2 aliphatic rings. The molecule has 3 rings (SSSR count). The van der Waals surface area contributed by atoms with Crippen LogP contribution < -0.4 is 0 Å². The Hall–Kier alpha value is -1.49. The van der Waals surface area contributed by atoms with Gasteiger partial charge in [-0.05, 0) is 24.0 Å². The molecular weight excluding hydrogens is 274 g/mol. The zero-order chi connectivity index (χ0) is 14.1. The third-order valence-electron chi connectivity index (χ3n) is 4.06. The monoisotopic (exact) mass is 291 g/mol. The molecule has 2 atom stereocenters. The molecule has 2 heterocycles. The van der Waals surface area contributed by atoms with Crippen molar-refractivity contribution in [2.45, 2.75) is 23.7 Å². The number of likely N-dealkylation sites (tertiary alicyclic amines) is 1. The summed E-state index contributed by atoms with van der Waals surface area (Å²) in [5.74, 6) is 0.250. The van der Waals surface area contributed by atoms with Gasteiger partial charge in [-0.2, -0.15) is 0 Å². The number of rotatable bonds is 3. The molecule has 0 aliphatic carbocycles. The fraction of sp³-hybridized carbons (Fsp3) is 0.467. The Morgan fingerprint density at radius 1 is 1.35 bits per heavy atom. The van der Waals surface area contributed by atoms with Gasteiger partial charge in [0.25, 0.3) is 0 Å². The van der Waals surface area contributed by atoms with E-state index in [2.05, 4.69) is 6.07 Å². The summed E-state index contributed by atoms with van der Waals surface area (Å²) in [6, 6.07) is 8.06. The number of carboxylic acid groups (broad SMARTS) is 1. The van der Waals surface area contributed by atoms with E-state index < -0.39 is 5.97 Å². The number of aliphatic carboxylic acids is 1. The van der Waals surface area contributed by atoms with Gasteiger partial charge >= 0.3 is 5.97 Å². The van der Waals surface area contributed by atoms with Crippen molar-refractivity contribution in [2.75, 3.05) is 18.8 Å². The third-order valence-corrected chi connectivity index (χ3v) is 5.24. The van der Waals surface area contributed by atoms with Crippen LogP contribution in [0.1, 0.15) is 24.3 Å². The summed E-state index contributed by atoms with van der Waals surface area (Å²) in [4.78, 5) is 26.4. The molecular formula is C15H17NO3S. The van der Waals surface area contributed by atoms with E-state index in [0.29, 0.717) is 13.1 Å². The highest BCUT2D eigenvalue weighted by Gasteiger charge is 2.35. The van der Waals surface area contributed by atoms with E-state index in [1.807, 2.05) is 23.1 Å². The first-order valence-corrected chi connectivity index (χ1v) is 7.86. The summed E-state index contributed by atoms with van der Waals surface area (Å²) in [6.07, 6.45) is 0.972. The lowest BCUT2D eigenvalue weighted by Gasteiger charge is -2.20. The molecule has 1 saturated heterocycles. The van der Waals surface area contributed by atoms with Crippen LogP contribution in [0.2, 0.25) is 0 Å². The summed E-state index contributed by atoms with van der Waals surface area (Å²) < 4.78 is 0. The van der Waals surface area contributed by atoms with Crippen molar-refractivity contribution < 1.29 is 14.7 Å². The molecule has 2 aliphatic heterocycles. The van der Waals surface area contributed by atoms with Gasteiger partial charge in [0.15, 0.2) is 0 Å². The fourth-order valence-corrected chi connectivity index (χ4v) is 4.25. The molecule has 1 N–H and O–H groups in total. The zero-order valence-corrected chi connectivity index (χ0v) is 11.9. The number of carbonyl (C=O) groups is 2. The topological polar surface area (TPSA) is 57.6 Å². The number of nitrogens with zero attached hydrogens (tertiary/aromatic N) is 1. The predicted molar refractivity (Wildman–Crippen MR) is 76.8 cm³/mol. The SMILES string of the molecule is O=C(O)CC1CCN(C(=O)C2CSc3ccccc32)C1. The molecule has 1 amide bonds. The molecule has 2 unspecified atom stereocenters. The van der Waals surface area contributed by atoms with E-state index in [-0.39, 0.29) is 24.2 Å². The maximum Gasteiger partial charge on any atom is 0.303 e. The molecule has 1 fully saturated rings. The first-order chi connectivity index (χ1) is 9.65. The lowest BCUT2D eigenvalue weighted by atomic mass is 10.00. The Kier molecular flexibility index (Phi) is 3.70. The van der Waals surface area contributed by atoms with Crippen LogP contribution in [0.3, 0.4) is 0 Å². The van der Waals surface area contributed by atoms with Crippen molar-refractivity contribution in [3.8, 4) is 0 Å². The van der Waals surface area contributed by atoms with Gasteiger partial charge < -0.3 is 10.0 Å². The lowest BCUT2D eigenvalue weighted by molar-refractivity contribution is -0.138. The largest absolute Gasteiger partial charge is 0.481 e. The van der Waals surface area contributed by atoms with Gasteiger partial charge in [0.05, 0.1) is 5.92 Å². The number of hydrogen-bond donors (Lipinski definition) is 1. The van der Waals surface area contributed by atoms with E-state index in [1.54, 1.807) is 11.8 Å². The standard InChI is InChI=1S/C15H17NO3S/c17-14(18)7-10-5-6-16(8-10)15(19)12-9-20-13-4-2-1-3-11(12)13/h1-4,10,12H,5-9H2,(H,17,18). The summed E-state index contributed by atoms with van der Waals surface area (Å²) >= 11 is 1.73. The molecule has 20 heavy (non-hydrogen) atoms. The van der Waals surface area contributed by atoms with Crippen molar-refractivity contribution in [1.29, 1.82) is 0 Å². The molecule has 0 aromatic heterocycles. The van der Waals surface area contributed by atoms with Crippen LogP contribution in [0.25, 0.3) is 0 Å². The number of fused-ring (bicyclic) bond motifs is 1. The second-order valence-electron chi connectivity index (χ2n) is 5.44. The van der Waals surface area contributed by atoms with E-state index in [9.17, 15) is 9.59 Å². The van der Waals surface area contributed by atoms with Gasteiger partial charge in [0, 0.05) is 30.2 Å². The summed E-state index contributed by atoms with van der Waals surface area (Å²) in [5, 5.41) is 8.83. The Labute approximate surface area is 122 Å². The van der Waals surface area contributed by atoms with Crippen LogP contribution in [0.5, 0.6) is 0 Å². The highest BCUT2D eigenvalue weighted by Crippen LogP contribution is 2.40. The average molecular weight is 291 g/mol. The molecule has 5 heteroatoms. The van der Waals surface area contributed by atoms with Gasteiger partial charge in [-0.25, -0.2) is 0 Å². The van der Waals surface area contributed by atoms with Crippen molar-refractivity contribution in [3.63, 3.8) is 0 Å². The predicted octanol–water partition coefficient (Wildman–Crippen LogP) is 2.20. The summed E-state index contributed by atoms with van der Waals surface area (Å²) in [5.41, 5.74) is 1.13. The average Bonchev–Trinajstić information content (AvgIpc) is 3.03. The number of carbonyl (C=O) groups excluding carboxylic acids is 1. The summed E-state index contributed by atoms with van der Waals surface area (Å²) in [6.45, 7) is 1.29. The molecule has 4 nitrogen and oxygen atoms in total. The fourth-order valence-electron chi connectivity index (χ4n) is 3.03. The Balaban J connectivity index is 1.68. The molecule has 1 aromatic carbocycles. The lowest BCUT2D eigenvalue weighted by Crippen LogP contribution is -2.33. The highest BCUT2D eigenvalue weighted by atomic mass is 32.2. The van der Waals surface area contributed by atoms with Crippen LogP contribution in [0.4, 0.5) is 0 Å². The van der Waals surface area contributed by atoms with Gasteiger partial charge in [0.1, 0.15) is 0 Å². The quantitative estimate of drug-likeness (QED) is 0.927. The van der Waals surface area contributed by atoms with Crippen LogP contribution in [-0.2, 0) is 9.59 Å². The van der Waals surface area contributed by atoms with Crippen molar-refractivity contribution in [3.05, 3.63) is 29.8 Å². The van der Waals surface area contributed by atoms with Crippen LogP contribution in [0, 0.1) is 5.92 Å². The third kappa shape index (κ3) is 2.54. The number of hydrogen-bond acceptors (Lipinski definition) is 3. The van der Waals surface area contributed by atoms with Gasteiger partial charge in [-0.15, -0.1) is 11.8 Å². The second kappa shape index (κ2) is 5.48. The number of thioether (sulfide) groups is 1. The molecule has 1 aromatic rings. The zero-order valence-electron chi connectivity index (χ0n) is 11.1. The smallest absolute Gasteiger partial charge is 0.303 e. The minimum atomic E-state index is -0.772. The van der Waals surface area contributed by atoms with Crippen molar-refractivity contribution in [2.24, 2.45) is 5.92 Å². The normalized spacial score (nSPS) is 24.7. The molecule has 106 valence electrons. The maximum atomic E-state index is 12.6. The maximum absolute atomic E-state index is 12.6. The van der Waals surface area contributed by atoms with Crippen LogP contribution >= 0.6 is 11.8 Å². The molecule has 0 saturated carbocycles. The van der Waals surface area contributed by atoms with Crippen molar-refractivity contribution in [1.82, 2.24) is 4.90 Å². The number of amides is 1. The molecule has 0 spiro atoms. The minimum absolute atomic E-state index is 0.0558. The first-order valence-electron chi connectivity index (χ1n) is 6.87. The molecule has 0 radical (unpaired) electrons.